The van der Waals surface area contributed by atoms with Gasteiger partial charge in [0.05, 0.1) is 6.54 Å². The van der Waals surface area contributed by atoms with E-state index < -0.39 is 0 Å². The highest BCUT2D eigenvalue weighted by molar-refractivity contribution is 5.95. The Morgan fingerprint density at radius 3 is 2.61 bits per heavy atom. The maximum absolute atomic E-state index is 11.9. The van der Waals surface area contributed by atoms with Crippen LogP contribution in [0.25, 0.3) is 0 Å². The molecule has 0 aliphatic carbocycles. The van der Waals surface area contributed by atoms with Gasteiger partial charge in [0, 0.05) is 43.6 Å². The summed E-state index contributed by atoms with van der Waals surface area (Å²) in [6, 6.07) is 18.9. The SMILES string of the molecule is CC(NCc1nccn1Cc1ccccc1)c1ccc(N2CCCC2=O)cc1. The van der Waals surface area contributed by atoms with Gasteiger partial charge in [-0.05, 0) is 36.6 Å². The number of aromatic nitrogens is 2. The van der Waals surface area contributed by atoms with E-state index >= 15 is 0 Å². The van der Waals surface area contributed by atoms with Crippen LogP contribution >= 0.6 is 0 Å². The minimum Gasteiger partial charge on any atom is -0.329 e. The maximum Gasteiger partial charge on any atom is 0.227 e. The van der Waals surface area contributed by atoms with E-state index in [1.165, 1.54) is 11.1 Å². The lowest BCUT2D eigenvalue weighted by molar-refractivity contribution is -0.117. The van der Waals surface area contributed by atoms with Gasteiger partial charge in [-0.25, -0.2) is 4.98 Å². The van der Waals surface area contributed by atoms with Gasteiger partial charge in [-0.15, -0.1) is 0 Å². The van der Waals surface area contributed by atoms with Crippen molar-refractivity contribution in [1.29, 1.82) is 0 Å². The molecule has 28 heavy (non-hydrogen) atoms. The number of carbonyl (C=O) groups is 1. The van der Waals surface area contributed by atoms with Crippen LogP contribution in [0.2, 0.25) is 0 Å². The average Bonchev–Trinajstić information content (AvgIpc) is 3.36. The van der Waals surface area contributed by atoms with E-state index in [4.69, 9.17) is 0 Å². The number of anilines is 1. The van der Waals surface area contributed by atoms with Crippen LogP contribution in [0.1, 0.15) is 42.8 Å². The van der Waals surface area contributed by atoms with Crippen LogP contribution in [0.15, 0.2) is 67.0 Å². The van der Waals surface area contributed by atoms with Crippen molar-refractivity contribution < 1.29 is 4.79 Å². The summed E-state index contributed by atoms with van der Waals surface area (Å²) < 4.78 is 2.18. The minimum atomic E-state index is 0.199. The fourth-order valence-corrected chi connectivity index (χ4v) is 3.66. The van der Waals surface area contributed by atoms with Gasteiger partial charge in [-0.2, -0.15) is 0 Å². The van der Waals surface area contributed by atoms with Gasteiger partial charge >= 0.3 is 0 Å². The molecule has 5 heteroatoms. The Morgan fingerprint density at radius 1 is 1.11 bits per heavy atom. The molecule has 1 saturated heterocycles. The van der Waals surface area contributed by atoms with Gasteiger partial charge in [-0.1, -0.05) is 42.5 Å². The summed E-state index contributed by atoms with van der Waals surface area (Å²) in [4.78, 5) is 18.3. The molecule has 1 aliphatic rings. The molecule has 1 fully saturated rings. The summed E-state index contributed by atoms with van der Waals surface area (Å²) in [6.07, 6.45) is 5.49. The van der Waals surface area contributed by atoms with Crippen molar-refractivity contribution in [1.82, 2.24) is 14.9 Å². The predicted molar refractivity (Wildman–Crippen MR) is 111 cm³/mol. The first-order chi connectivity index (χ1) is 13.7. The van der Waals surface area contributed by atoms with E-state index in [1.54, 1.807) is 0 Å². The van der Waals surface area contributed by atoms with E-state index in [-0.39, 0.29) is 11.9 Å². The second-order valence-corrected chi connectivity index (χ2v) is 7.30. The number of benzene rings is 2. The summed E-state index contributed by atoms with van der Waals surface area (Å²) in [5, 5.41) is 3.56. The summed E-state index contributed by atoms with van der Waals surface area (Å²) in [7, 11) is 0. The fraction of sp³-hybridized carbons (Fsp3) is 0.304. The molecule has 0 bridgehead atoms. The van der Waals surface area contributed by atoms with Crippen LogP contribution in [0.4, 0.5) is 5.69 Å². The van der Waals surface area contributed by atoms with Crippen molar-refractivity contribution in [2.75, 3.05) is 11.4 Å². The zero-order valence-corrected chi connectivity index (χ0v) is 16.2. The number of hydrogen-bond acceptors (Lipinski definition) is 3. The molecule has 0 spiro atoms. The highest BCUT2D eigenvalue weighted by Gasteiger charge is 2.21. The van der Waals surface area contributed by atoms with Crippen LogP contribution < -0.4 is 10.2 Å². The third kappa shape index (κ3) is 4.15. The third-order valence-electron chi connectivity index (χ3n) is 5.34. The van der Waals surface area contributed by atoms with Gasteiger partial charge in [0.1, 0.15) is 5.82 Å². The Kier molecular flexibility index (Phi) is 5.53. The standard InChI is InChI=1S/C23H26N4O/c1-18(20-9-11-21(12-10-20)27-14-5-8-23(27)28)25-16-22-24-13-15-26(22)17-19-6-3-2-4-7-19/h2-4,6-7,9-13,15,18,25H,5,8,14,16-17H2,1H3. The molecule has 0 saturated carbocycles. The molecule has 5 nitrogen and oxygen atoms in total. The molecular formula is C23H26N4O. The van der Waals surface area contributed by atoms with Gasteiger partial charge in [0.2, 0.25) is 5.91 Å². The Labute approximate surface area is 166 Å². The topological polar surface area (TPSA) is 50.2 Å². The highest BCUT2D eigenvalue weighted by atomic mass is 16.2. The Bertz CT molecular complexity index is 917. The van der Waals surface area contributed by atoms with Crippen LogP contribution in [-0.4, -0.2) is 22.0 Å². The third-order valence-corrected chi connectivity index (χ3v) is 5.34. The lowest BCUT2D eigenvalue weighted by Gasteiger charge is -2.18. The van der Waals surface area contributed by atoms with E-state index in [0.29, 0.717) is 13.0 Å². The predicted octanol–water partition coefficient (Wildman–Crippen LogP) is 3.91. The summed E-state index contributed by atoms with van der Waals surface area (Å²) in [5.74, 6) is 1.25. The van der Waals surface area contributed by atoms with Crippen molar-refractivity contribution in [3.05, 3.63) is 83.9 Å². The van der Waals surface area contributed by atoms with Crippen LogP contribution in [0, 0.1) is 0 Å². The molecule has 2 heterocycles. The van der Waals surface area contributed by atoms with E-state index in [0.717, 1.165) is 31.0 Å². The van der Waals surface area contributed by atoms with Gasteiger partial charge < -0.3 is 14.8 Å². The fourth-order valence-electron chi connectivity index (χ4n) is 3.66. The number of hydrogen-bond donors (Lipinski definition) is 1. The molecule has 1 atom stereocenters. The zero-order valence-electron chi connectivity index (χ0n) is 16.2. The summed E-state index contributed by atoms with van der Waals surface area (Å²) in [5.41, 5.74) is 3.47. The Morgan fingerprint density at radius 2 is 1.89 bits per heavy atom. The molecule has 144 valence electrons. The first kappa shape index (κ1) is 18.4. The summed E-state index contributed by atoms with van der Waals surface area (Å²) >= 11 is 0. The van der Waals surface area contributed by atoms with Gasteiger partial charge in [0.25, 0.3) is 0 Å². The van der Waals surface area contributed by atoms with Crippen molar-refractivity contribution in [2.45, 2.75) is 38.9 Å². The lowest BCUT2D eigenvalue weighted by Crippen LogP contribution is -2.24. The molecule has 0 radical (unpaired) electrons. The van der Waals surface area contributed by atoms with Crippen LogP contribution in [0.3, 0.4) is 0 Å². The number of rotatable bonds is 7. The van der Waals surface area contributed by atoms with Crippen molar-refractivity contribution >= 4 is 11.6 Å². The summed E-state index contributed by atoms with van der Waals surface area (Å²) in [6.45, 7) is 4.51. The smallest absolute Gasteiger partial charge is 0.227 e. The van der Waals surface area contributed by atoms with Gasteiger partial charge in [-0.3, -0.25) is 4.79 Å². The molecular weight excluding hydrogens is 348 g/mol. The van der Waals surface area contributed by atoms with Crippen molar-refractivity contribution in [2.24, 2.45) is 0 Å². The number of nitrogens with one attached hydrogen (secondary N) is 1. The molecule has 1 aliphatic heterocycles. The van der Waals surface area contributed by atoms with Crippen molar-refractivity contribution in [3.63, 3.8) is 0 Å². The average molecular weight is 374 g/mol. The van der Waals surface area contributed by atoms with Gasteiger partial charge in [0.15, 0.2) is 0 Å². The largest absolute Gasteiger partial charge is 0.329 e. The second kappa shape index (κ2) is 8.40. The Hall–Kier alpha value is -2.92. The van der Waals surface area contributed by atoms with E-state index in [1.807, 2.05) is 35.5 Å². The minimum absolute atomic E-state index is 0.199. The molecule has 1 aromatic heterocycles. The normalized spacial score (nSPS) is 15.2. The number of amides is 1. The van der Waals surface area contributed by atoms with E-state index in [2.05, 4.69) is 58.2 Å². The van der Waals surface area contributed by atoms with Crippen LogP contribution in [-0.2, 0) is 17.9 Å². The highest BCUT2D eigenvalue weighted by Crippen LogP contribution is 2.23. The molecule has 1 amide bonds. The number of carbonyl (C=O) groups excluding carboxylic acids is 1. The number of imidazole rings is 1. The molecule has 4 rings (SSSR count). The monoisotopic (exact) mass is 374 g/mol. The van der Waals surface area contributed by atoms with Crippen molar-refractivity contribution in [3.8, 4) is 0 Å². The molecule has 1 unspecified atom stereocenters. The molecule has 1 N–H and O–H groups in total. The lowest BCUT2D eigenvalue weighted by atomic mass is 10.1. The Balaban J connectivity index is 1.36. The number of nitrogens with zero attached hydrogens (tertiary/aromatic N) is 3. The van der Waals surface area contributed by atoms with E-state index in [9.17, 15) is 4.79 Å². The van der Waals surface area contributed by atoms with Crippen LogP contribution in [0.5, 0.6) is 0 Å². The maximum atomic E-state index is 11.9. The first-order valence-corrected chi connectivity index (χ1v) is 9.88. The second-order valence-electron chi connectivity index (χ2n) is 7.30. The zero-order chi connectivity index (χ0) is 19.3. The quantitative estimate of drug-likeness (QED) is 0.682. The molecule has 2 aromatic carbocycles. The first-order valence-electron chi connectivity index (χ1n) is 9.88. The molecule has 3 aromatic rings.